The van der Waals surface area contributed by atoms with Gasteiger partial charge in [0.05, 0.1) is 18.6 Å². The molecule has 0 amide bonds. The molecule has 1 aromatic heterocycles. The van der Waals surface area contributed by atoms with Crippen molar-refractivity contribution in [1.29, 1.82) is 0 Å². The van der Waals surface area contributed by atoms with E-state index in [0.717, 1.165) is 5.82 Å². The second-order valence-corrected chi connectivity index (χ2v) is 8.11. The molecule has 26 heavy (non-hydrogen) atoms. The topological polar surface area (TPSA) is 84.9 Å². The summed E-state index contributed by atoms with van der Waals surface area (Å²) in [4.78, 5) is 10.3. The van der Waals surface area contributed by atoms with E-state index in [-0.39, 0.29) is 17.5 Å². The molecule has 3 rings (SSSR count). The number of ether oxygens (including phenoxy) is 2. The van der Waals surface area contributed by atoms with Gasteiger partial charge in [0, 0.05) is 26.7 Å². The molecule has 1 aliphatic heterocycles. The van der Waals surface area contributed by atoms with Crippen molar-refractivity contribution in [2.24, 2.45) is 0 Å². The first-order valence-corrected chi connectivity index (χ1v) is 9.64. The van der Waals surface area contributed by atoms with Crippen LogP contribution in [0.25, 0.3) is 0 Å². The maximum Gasteiger partial charge on any atom is 0.243 e. The van der Waals surface area contributed by atoms with Crippen LogP contribution >= 0.6 is 0 Å². The van der Waals surface area contributed by atoms with Gasteiger partial charge in [-0.15, -0.1) is 0 Å². The molecule has 1 saturated heterocycles. The van der Waals surface area contributed by atoms with Gasteiger partial charge in [-0.05, 0) is 30.7 Å². The zero-order valence-corrected chi connectivity index (χ0v) is 15.8. The van der Waals surface area contributed by atoms with Crippen molar-refractivity contribution in [2.45, 2.75) is 17.4 Å². The van der Waals surface area contributed by atoms with Crippen LogP contribution in [-0.2, 0) is 10.0 Å². The minimum Gasteiger partial charge on any atom is -0.497 e. The van der Waals surface area contributed by atoms with Crippen molar-refractivity contribution in [3.63, 3.8) is 0 Å². The molecule has 0 radical (unpaired) electrons. The first kappa shape index (κ1) is 18.4. The second-order valence-electron chi connectivity index (χ2n) is 6.18. The van der Waals surface area contributed by atoms with Crippen LogP contribution in [0, 0.1) is 0 Å². The summed E-state index contributed by atoms with van der Waals surface area (Å²) in [5.41, 5.74) is 0. The normalized spacial score (nSPS) is 17.9. The number of rotatable bonds is 6. The molecule has 1 atom stereocenters. The number of hydrogen-bond donors (Lipinski definition) is 0. The average molecular weight is 378 g/mol. The highest BCUT2D eigenvalue weighted by molar-refractivity contribution is 7.89. The SMILES string of the molecule is COc1ccc(S(=O)(=O)N2CCC(Oc3cc(N(C)C)ncn3)C2)cc1. The molecule has 140 valence electrons. The second kappa shape index (κ2) is 7.46. The third-order valence-electron chi connectivity index (χ3n) is 4.18. The molecule has 2 heterocycles. The van der Waals surface area contributed by atoms with Gasteiger partial charge < -0.3 is 14.4 Å². The molecule has 0 spiro atoms. The Morgan fingerprint density at radius 2 is 1.92 bits per heavy atom. The molecule has 1 unspecified atom stereocenters. The Morgan fingerprint density at radius 3 is 2.58 bits per heavy atom. The van der Waals surface area contributed by atoms with Crippen LogP contribution in [0.1, 0.15) is 6.42 Å². The van der Waals surface area contributed by atoms with Crippen molar-refractivity contribution in [1.82, 2.24) is 14.3 Å². The summed E-state index contributed by atoms with van der Waals surface area (Å²) in [5, 5.41) is 0. The quantitative estimate of drug-likeness (QED) is 0.751. The predicted molar refractivity (Wildman–Crippen MR) is 97.1 cm³/mol. The fraction of sp³-hybridized carbons (Fsp3) is 0.412. The molecule has 1 aromatic carbocycles. The van der Waals surface area contributed by atoms with E-state index < -0.39 is 10.0 Å². The smallest absolute Gasteiger partial charge is 0.243 e. The summed E-state index contributed by atoms with van der Waals surface area (Å²) in [7, 11) is 1.75. The third-order valence-corrected chi connectivity index (χ3v) is 6.06. The van der Waals surface area contributed by atoms with Crippen LogP contribution in [0.2, 0.25) is 0 Å². The van der Waals surface area contributed by atoms with Crippen LogP contribution in [0.3, 0.4) is 0 Å². The maximum absolute atomic E-state index is 12.8. The fourth-order valence-corrected chi connectivity index (χ4v) is 4.21. The van der Waals surface area contributed by atoms with Gasteiger partial charge in [0.25, 0.3) is 0 Å². The average Bonchev–Trinajstić information content (AvgIpc) is 3.11. The van der Waals surface area contributed by atoms with E-state index in [1.54, 1.807) is 37.4 Å². The maximum atomic E-state index is 12.8. The summed E-state index contributed by atoms with van der Waals surface area (Å²) in [6, 6.07) is 8.12. The van der Waals surface area contributed by atoms with E-state index in [4.69, 9.17) is 9.47 Å². The fourth-order valence-electron chi connectivity index (χ4n) is 2.72. The number of methoxy groups -OCH3 is 1. The minimum atomic E-state index is -3.55. The molecule has 2 aromatic rings. The Hall–Kier alpha value is -2.39. The Bertz CT molecular complexity index is 855. The predicted octanol–water partition coefficient (Wildman–Crippen LogP) is 1.39. The van der Waals surface area contributed by atoms with Gasteiger partial charge in [-0.25, -0.2) is 18.4 Å². The van der Waals surface area contributed by atoms with Crippen LogP contribution in [0.15, 0.2) is 41.6 Å². The van der Waals surface area contributed by atoms with Crippen molar-refractivity contribution in [3.8, 4) is 11.6 Å². The van der Waals surface area contributed by atoms with E-state index in [1.807, 2.05) is 19.0 Å². The van der Waals surface area contributed by atoms with E-state index in [9.17, 15) is 8.42 Å². The Labute approximate surface area is 153 Å². The summed E-state index contributed by atoms with van der Waals surface area (Å²) >= 11 is 0. The van der Waals surface area contributed by atoms with Gasteiger partial charge in [-0.3, -0.25) is 0 Å². The van der Waals surface area contributed by atoms with Gasteiger partial charge in [0.2, 0.25) is 15.9 Å². The molecule has 1 fully saturated rings. The molecule has 8 nitrogen and oxygen atoms in total. The number of aromatic nitrogens is 2. The highest BCUT2D eigenvalue weighted by Gasteiger charge is 2.33. The highest BCUT2D eigenvalue weighted by Crippen LogP contribution is 2.25. The summed E-state index contributed by atoms with van der Waals surface area (Å²) in [6.45, 7) is 0.695. The summed E-state index contributed by atoms with van der Waals surface area (Å²) in [5.74, 6) is 1.79. The summed E-state index contributed by atoms with van der Waals surface area (Å²) < 4.78 is 37.9. The van der Waals surface area contributed by atoms with Gasteiger partial charge in [-0.1, -0.05) is 0 Å². The highest BCUT2D eigenvalue weighted by atomic mass is 32.2. The molecule has 1 aliphatic rings. The van der Waals surface area contributed by atoms with Crippen LogP contribution < -0.4 is 14.4 Å². The Kier molecular flexibility index (Phi) is 5.28. The molecule has 0 aliphatic carbocycles. The molecule has 0 saturated carbocycles. The number of anilines is 1. The molecule has 0 bridgehead atoms. The van der Waals surface area contributed by atoms with E-state index >= 15 is 0 Å². The lowest BCUT2D eigenvalue weighted by Gasteiger charge is -2.18. The number of benzene rings is 1. The lowest BCUT2D eigenvalue weighted by Crippen LogP contribution is -2.31. The lowest BCUT2D eigenvalue weighted by molar-refractivity contribution is 0.206. The van der Waals surface area contributed by atoms with E-state index in [1.165, 1.54) is 10.6 Å². The van der Waals surface area contributed by atoms with Crippen molar-refractivity contribution >= 4 is 15.8 Å². The van der Waals surface area contributed by atoms with Crippen LogP contribution in [0.5, 0.6) is 11.6 Å². The zero-order chi connectivity index (χ0) is 18.7. The Balaban J connectivity index is 1.68. The first-order chi connectivity index (χ1) is 12.4. The largest absolute Gasteiger partial charge is 0.497 e. The van der Waals surface area contributed by atoms with Crippen LogP contribution in [-0.4, -0.2) is 63.1 Å². The van der Waals surface area contributed by atoms with Gasteiger partial charge in [0.15, 0.2) is 0 Å². The van der Waals surface area contributed by atoms with Crippen molar-refractivity contribution in [3.05, 3.63) is 36.7 Å². The van der Waals surface area contributed by atoms with E-state index in [0.29, 0.717) is 24.6 Å². The van der Waals surface area contributed by atoms with Gasteiger partial charge in [0.1, 0.15) is 24.0 Å². The molecule has 9 heteroatoms. The molecular weight excluding hydrogens is 356 g/mol. The lowest BCUT2D eigenvalue weighted by atomic mass is 10.3. The number of hydrogen-bond acceptors (Lipinski definition) is 7. The Morgan fingerprint density at radius 1 is 1.19 bits per heavy atom. The van der Waals surface area contributed by atoms with Crippen molar-refractivity contribution < 1.29 is 17.9 Å². The van der Waals surface area contributed by atoms with Crippen LogP contribution in [0.4, 0.5) is 5.82 Å². The molecular formula is C17H22N4O4S. The third kappa shape index (κ3) is 3.88. The van der Waals surface area contributed by atoms with Gasteiger partial charge >= 0.3 is 0 Å². The zero-order valence-electron chi connectivity index (χ0n) is 15.0. The number of sulfonamides is 1. The van der Waals surface area contributed by atoms with Gasteiger partial charge in [-0.2, -0.15) is 4.31 Å². The monoisotopic (exact) mass is 378 g/mol. The van der Waals surface area contributed by atoms with Crippen molar-refractivity contribution in [2.75, 3.05) is 39.2 Å². The number of nitrogens with zero attached hydrogens (tertiary/aromatic N) is 4. The first-order valence-electron chi connectivity index (χ1n) is 8.20. The standard InChI is InChI=1S/C17H22N4O4S/c1-20(2)16-10-17(19-12-18-16)25-14-8-9-21(11-14)26(22,23)15-6-4-13(24-3)5-7-15/h4-7,10,12,14H,8-9,11H2,1-3H3. The summed E-state index contributed by atoms with van der Waals surface area (Å²) in [6.07, 6.45) is 1.80. The van der Waals surface area contributed by atoms with E-state index in [2.05, 4.69) is 9.97 Å². The minimum absolute atomic E-state index is 0.243. The molecule has 0 N–H and O–H groups in total.